The third kappa shape index (κ3) is 2.76. The van der Waals surface area contributed by atoms with E-state index in [-0.39, 0.29) is 0 Å². The Morgan fingerprint density at radius 1 is 1.21 bits per heavy atom. The van der Waals surface area contributed by atoms with Crippen LogP contribution in [0.5, 0.6) is 5.75 Å². The molecule has 0 amide bonds. The molecule has 3 nitrogen and oxygen atoms in total. The Morgan fingerprint density at radius 2 is 1.79 bits per heavy atom. The van der Waals surface area contributed by atoms with E-state index < -0.39 is 0 Å². The van der Waals surface area contributed by atoms with Gasteiger partial charge in [0.05, 0.1) is 12.8 Å². The molecule has 0 fully saturated rings. The minimum Gasteiger partial charge on any atom is -0.497 e. The first-order valence-electron chi connectivity index (χ1n) is 4.50. The molecule has 76 valence electrons. The summed E-state index contributed by atoms with van der Waals surface area (Å²) in [6.07, 6.45) is 0. The molecule has 0 aliphatic heterocycles. The van der Waals surface area contributed by atoms with Crippen molar-refractivity contribution in [1.82, 2.24) is 5.01 Å². The average Bonchev–Trinajstić information content (AvgIpc) is 2.17. The third-order valence-electron chi connectivity index (χ3n) is 1.86. The Hall–Kier alpha value is -1.51. The zero-order valence-electron chi connectivity index (χ0n) is 9.11. The number of rotatable bonds is 3. The highest BCUT2D eigenvalue weighted by Gasteiger charge is 1.98. The smallest absolute Gasteiger partial charge is 0.118 e. The normalized spacial score (nSPS) is 11.3. The van der Waals surface area contributed by atoms with Crippen LogP contribution in [0.4, 0.5) is 0 Å². The number of ether oxygens (including phenoxy) is 1. The molecule has 0 saturated heterocycles. The maximum absolute atomic E-state index is 5.08. The Balaban J connectivity index is 2.86. The van der Waals surface area contributed by atoms with Gasteiger partial charge in [-0.3, -0.25) is 0 Å². The molecular formula is C11H16N2O. The fourth-order valence-corrected chi connectivity index (χ4v) is 1.19. The van der Waals surface area contributed by atoms with Crippen LogP contribution in [0, 0.1) is 0 Å². The van der Waals surface area contributed by atoms with E-state index in [1.54, 1.807) is 12.1 Å². The van der Waals surface area contributed by atoms with Gasteiger partial charge >= 0.3 is 0 Å². The lowest BCUT2D eigenvalue weighted by Gasteiger charge is -2.07. The van der Waals surface area contributed by atoms with Crippen molar-refractivity contribution in [2.24, 2.45) is 5.10 Å². The number of methoxy groups -OCH3 is 1. The molecule has 0 atom stereocenters. The zero-order valence-corrected chi connectivity index (χ0v) is 9.11. The van der Waals surface area contributed by atoms with Gasteiger partial charge in [0.2, 0.25) is 0 Å². The van der Waals surface area contributed by atoms with Crippen LogP contribution in [0.2, 0.25) is 0 Å². The van der Waals surface area contributed by atoms with Gasteiger partial charge in [0.25, 0.3) is 0 Å². The highest BCUT2D eigenvalue weighted by molar-refractivity contribution is 5.98. The van der Waals surface area contributed by atoms with Crippen molar-refractivity contribution in [1.29, 1.82) is 0 Å². The van der Waals surface area contributed by atoms with Crippen molar-refractivity contribution in [3.63, 3.8) is 0 Å². The topological polar surface area (TPSA) is 24.8 Å². The van der Waals surface area contributed by atoms with Gasteiger partial charge in [-0.05, 0) is 36.8 Å². The third-order valence-corrected chi connectivity index (χ3v) is 1.86. The molecule has 0 spiro atoms. The molecule has 0 unspecified atom stereocenters. The van der Waals surface area contributed by atoms with Crippen LogP contribution in [-0.4, -0.2) is 31.9 Å². The fourth-order valence-electron chi connectivity index (χ4n) is 1.19. The molecule has 1 aromatic carbocycles. The van der Waals surface area contributed by atoms with E-state index in [1.165, 1.54) is 0 Å². The second-order valence-corrected chi connectivity index (χ2v) is 3.26. The minimum absolute atomic E-state index is 0.867. The molecule has 0 aromatic heterocycles. The summed E-state index contributed by atoms with van der Waals surface area (Å²) in [7, 11) is 5.48. The molecular weight excluding hydrogens is 176 g/mol. The molecule has 1 aromatic rings. The van der Waals surface area contributed by atoms with Gasteiger partial charge in [-0.1, -0.05) is 0 Å². The lowest BCUT2D eigenvalue weighted by molar-refractivity contribution is 0.414. The lowest BCUT2D eigenvalue weighted by atomic mass is 10.1. The van der Waals surface area contributed by atoms with Crippen molar-refractivity contribution in [3.05, 3.63) is 29.8 Å². The maximum atomic E-state index is 5.08. The SMILES string of the molecule is COc1ccc(/C(C)=N/N(C)C)cc1. The number of hydrazone groups is 1. The minimum atomic E-state index is 0.867. The van der Waals surface area contributed by atoms with Crippen molar-refractivity contribution >= 4 is 5.71 Å². The first-order valence-corrected chi connectivity index (χ1v) is 4.50. The van der Waals surface area contributed by atoms with E-state index in [2.05, 4.69) is 5.10 Å². The number of hydrogen-bond donors (Lipinski definition) is 0. The highest BCUT2D eigenvalue weighted by Crippen LogP contribution is 2.11. The standard InChI is InChI=1S/C11H16N2O/c1-9(12-13(2)3)10-5-7-11(14-4)8-6-10/h5-8H,1-4H3/b12-9+. The molecule has 0 aliphatic rings. The Labute approximate surface area is 85.0 Å². The summed E-state index contributed by atoms with van der Waals surface area (Å²) in [5.74, 6) is 0.867. The summed E-state index contributed by atoms with van der Waals surface area (Å²) in [6, 6.07) is 7.87. The molecule has 0 bridgehead atoms. The average molecular weight is 192 g/mol. The quantitative estimate of drug-likeness (QED) is 0.540. The largest absolute Gasteiger partial charge is 0.497 e. The summed E-state index contributed by atoms with van der Waals surface area (Å²) in [5, 5.41) is 6.10. The van der Waals surface area contributed by atoms with E-state index in [1.807, 2.05) is 45.3 Å². The maximum Gasteiger partial charge on any atom is 0.118 e. The number of nitrogens with zero attached hydrogens (tertiary/aromatic N) is 2. The number of hydrogen-bond acceptors (Lipinski definition) is 3. The Kier molecular flexibility index (Phi) is 3.51. The van der Waals surface area contributed by atoms with Gasteiger partial charge in [-0.2, -0.15) is 5.10 Å². The fraction of sp³-hybridized carbons (Fsp3) is 0.364. The van der Waals surface area contributed by atoms with Crippen molar-refractivity contribution in [3.8, 4) is 5.75 Å². The molecule has 0 radical (unpaired) electrons. The first kappa shape index (κ1) is 10.6. The van der Waals surface area contributed by atoms with Crippen LogP contribution in [0.1, 0.15) is 12.5 Å². The van der Waals surface area contributed by atoms with E-state index in [0.717, 1.165) is 17.0 Å². The van der Waals surface area contributed by atoms with Crippen LogP contribution in [-0.2, 0) is 0 Å². The van der Waals surface area contributed by atoms with Gasteiger partial charge < -0.3 is 9.75 Å². The predicted octanol–water partition coefficient (Wildman–Crippen LogP) is 1.98. The van der Waals surface area contributed by atoms with E-state index >= 15 is 0 Å². The second kappa shape index (κ2) is 4.65. The van der Waals surface area contributed by atoms with E-state index in [0.29, 0.717) is 0 Å². The van der Waals surface area contributed by atoms with E-state index in [4.69, 9.17) is 4.74 Å². The molecule has 14 heavy (non-hydrogen) atoms. The van der Waals surface area contributed by atoms with Crippen LogP contribution in [0.15, 0.2) is 29.4 Å². The Bertz CT molecular complexity index is 315. The number of benzene rings is 1. The van der Waals surface area contributed by atoms with E-state index in [9.17, 15) is 0 Å². The van der Waals surface area contributed by atoms with Crippen LogP contribution in [0.3, 0.4) is 0 Å². The predicted molar refractivity (Wildman–Crippen MR) is 58.9 cm³/mol. The van der Waals surface area contributed by atoms with Gasteiger partial charge in [0.15, 0.2) is 0 Å². The zero-order chi connectivity index (χ0) is 10.6. The summed E-state index contributed by atoms with van der Waals surface area (Å²) in [4.78, 5) is 0. The van der Waals surface area contributed by atoms with Gasteiger partial charge in [-0.25, -0.2) is 0 Å². The summed E-state index contributed by atoms with van der Waals surface area (Å²) in [6.45, 7) is 1.99. The lowest BCUT2D eigenvalue weighted by Crippen LogP contribution is -2.07. The summed E-state index contributed by atoms with van der Waals surface area (Å²) in [5.41, 5.74) is 2.11. The van der Waals surface area contributed by atoms with Crippen LogP contribution >= 0.6 is 0 Å². The van der Waals surface area contributed by atoms with Gasteiger partial charge in [0, 0.05) is 14.1 Å². The first-order chi connectivity index (χ1) is 6.63. The summed E-state index contributed by atoms with van der Waals surface area (Å²) < 4.78 is 5.08. The van der Waals surface area contributed by atoms with Crippen LogP contribution < -0.4 is 4.74 Å². The van der Waals surface area contributed by atoms with Crippen LogP contribution in [0.25, 0.3) is 0 Å². The van der Waals surface area contributed by atoms with Crippen molar-refractivity contribution < 1.29 is 4.74 Å². The summed E-state index contributed by atoms with van der Waals surface area (Å²) >= 11 is 0. The molecule has 0 heterocycles. The Morgan fingerprint density at radius 3 is 2.21 bits per heavy atom. The molecule has 0 N–H and O–H groups in total. The van der Waals surface area contributed by atoms with Crippen molar-refractivity contribution in [2.75, 3.05) is 21.2 Å². The highest BCUT2D eigenvalue weighted by atomic mass is 16.5. The monoisotopic (exact) mass is 192 g/mol. The van der Waals surface area contributed by atoms with Crippen molar-refractivity contribution in [2.45, 2.75) is 6.92 Å². The molecule has 0 saturated carbocycles. The van der Waals surface area contributed by atoms with Gasteiger partial charge in [-0.15, -0.1) is 0 Å². The van der Waals surface area contributed by atoms with Gasteiger partial charge in [0.1, 0.15) is 5.75 Å². The molecule has 0 aliphatic carbocycles. The molecule has 1 rings (SSSR count). The molecule has 3 heteroatoms. The second-order valence-electron chi connectivity index (χ2n) is 3.26.